The number of likely N-dealkylation sites (tertiary alicyclic amines) is 1. The summed E-state index contributed by atoms with van der Waals surface area (Å²) in [5.74, 6) is 1.54. The lowest BCUT2D eigenvalue weighted by atomic mass is 10.0. The highest BCUT2D eigenvalue weighted by molar-refractivity contribution is 5.68. The summed E-state index contributed by atoms with van der Waals surface area (Å²) in [5, 5.41) is 7.00. The molecule has 0 spiro atoms. The third kappa shape index (κ3) is 25.4. The first kappa shape index (κ1) is 37.5. The summed E-state index contributed by atoms with van der Waals surface area (Å²) < 4.78 is 5.33. The van der Waals surface area contributed by atoms with Gasteiger partial charge in [-0.2, -0.15) is 0 Å². The number of rotatable bonds is 6. The highest BCUT2D eigenvalue weighted by atomic mass is 16.6. The third-order valence-corrected chi connectivity index (χ3v) is 5.27. The summed E-state index contributed by atoms with van der Waals surface area (Å²) in [7, 11) is 1.00. The maximum Gasteiger partial charge on any atom is 0.410 e. The number of carbonyl (C=O) groups is 1. The number of aliphatic hydroxyl groups is 1. The molecule has 0 saturated carbocycles. The molecule has 1 aliphatic rings. The van der Waals surface area contributed by atoms with Crippen LogP contribution in [0.4, 0.5) is 4.79 Å². The Morgan fingerprint density at radius 3 is 1.77 bits per heavy atom. The van der Waals surface area contributed by atoms with Gasteiger partial charge in [0, 0.05) is 19.7 Å². The van der Waals surface area contributed by atoms with E-state index in [2.05, 4.69) is 48.5 Å². The molecule has 31 heavy (non-hydrogen) atoms. The summed E-state index contributed by atoms with van der Waals surface area (Å²) in [6.07, 6.45) is 10.6. The first-order valence-corrected chi connectivity index (χ1v) is 13.0. The van der Waals surface area contributed by atoms with E-state index in [1.807, 2.05) is 39.5 Å². The van der Waals surface area contributed by atoms with Crippen molar-refractivity contribution < 1.29 is 14.6 Å². The third-order valence-electron chi connectivity index (χ3n) is 5.27. The minimum absolute atomic E-state index is 0.172. The molecule has 4 nitrogen and oxygen atoms in total. The summed E-state index contributed by atoms with van der Waals surface area (Å²) in [6, 6.07) is 0.310. The molecular weight excluding hydrogens is 386 g/mol. The van der Waals surface area contributed by atoms with E-state index in [4.69, 9.17) is 9.84 Å². The van der Waals surface area contributed by atoms with E-state index >= 15 is 0 Å². The smallest absolute Gasteiger partial charge is 0.410 e. The highest BCUT2D eigenvalue weighted by Gasteiger charge is 2.33. The number of amides is 1. The molecule has 0 aromatic heterocycles. The van der Waals surface area contributed by atoms with Gasteiger partial charge in [-0.05, 0) is 46.0 Å². The van der Waals surface area contributed by atoms with E-state index in [1.165, 1.54) is 44.9 Å². The minimum Gasteiger partial charge on any atom is -0.444 e. The van der Waals surface area contributed by atoms with Crippen molar-refractivity contribution >= 4 is 6.09 Å². The van der Waals surface area contributed by atoms with Gasteiger partial charge in [-0.3, -0.25) is 0 Å². The number of carbonyl (C=O) groups excluding carboxylic acids is 1. The molecule has 3 atom stereocenters. The van der Waals surface area contributed by atoms with Crippen molar-refractivity contribution in [1.82, 2.24) is 4.90 Å². The standard InChI is InChI=1S/C11H21NO2.C9H20.C4H10.C2H6.CH4O/c1-8-6-7-12(9(8)2)10(13)14-11(3,4)5;1-4-6-7-8-9(3)5-2;1-3-4-2;2*1-2/h8-9H,6-7H2,1-5H3;9H,4-8H2,1-3H3;3-4H2,1-2H3;1-2H3;2H,1H3. The molecular formula is C27H61NO3. The molecule has 4 heteroatoms. The SMILES string of the molecule is CC.CC1CCN(C(=O)OC(C)(C)C)C1C.CCCC.CCCCCC(C)CC.CO. The molecule has 192 valence electrons. The Kier molecular flexibility index (Phi) is 30.9. The average molecular weight is 448 g/mol. The highest BCUT2D eigenvalue weighted by Crippen LogP contribution is 2.25. The number of aliphatic hydroxyl groups excluding tert-OH is 1. The first-order chi connectivity index (χ1) is 14.5. The quantitative estimate of drug-likeness (QED) is 0.414. The van der Waals surface area contributed by atoms with Crippen LogP contribution in [0.5, 0.6) is 0 Å². The minimum atomic E-state index is -0.386. The average Bonchev–Trinajstić information content (AvgIpc) is 3.09. The van der Waals surface area contributed by atoms with Crippen LogP contribution >= 0.6 is 0 Å². The Balaban J connectivity index is -0.000000185. The van der Waals surface area contributed by atoms with Gasteiger partial charge in [-0.15, -0.1) is 0 Å². The predicted molar refractivity (Wildman–Crippen MR) is 140 cm³/mol. The number of hydrogen-bond donors (Lipinski definition) is 1. The monoisotopic (exact) mass is 447 g/mol. The van der Waals surface area contributed by atoms with Crippen LogP contribution in [0.3, 0.4) is 0 Å². The Morgan fingerprint density at radius 1 is 1.00 bits per heavy atom. The molecule has 1 rings (SSSR count). The lowest BCUT2D eigenvalue weighted by molar-refractivity contribution is 0.0225. The Bertz CT molecular complexity index is 351. The van der Waals surface area contributed by atoms with Crippen molar-refractivity contribution in [1.29, 1.82) is 0 Å². The molecule has 1 N–H and O–H groups in total. The molecule has 0 aliphatic carbocycles. The Morgan fingerprint density at radius 2 is 1.48 bits per heavy atom. The van der Waals surface area contributed by atoms with Gasteiger partial charge in [0.1, 0.15) is 5.60 Å². The van der Waals surface area contributed by atoms with E-state index in [9.17, 15) is 4.79 Å². The van der Waals surface area contributed by atoms with Crippen LogP contribution in [0.25, 0.3) is 0 Å². The van der Waals surface area contributed by atoms with Crippen molar-refractivity contribution in [2.24, 2.45) is 11.8 Å². The van der Waals surface area contributed by atoms with Crippen LogP contribution in [0.1, 0.15) is 134 Å². The van der Waals surface area contributed by atoms with Crippen LogP contribution in [0.2, 0.25) is 0 Å². The number of unbranched alkanes of at least 4 members (excludes halogenated alkanes) is 3. The molecule has 0 aromatic carbocycles. The fourth-order valence-corrected chi connectivity index (χ4v) is 2.62. The zero-order valence-electron chi connectivity index (χ0n) is 23.8. The van der Waals surface area contributed by atoms with Gasteiger partial charge in [0.2, 0.25) is 0 Å². The Hall–Kier alpha value is -0.770. The second-order valence-corrected chi connectivity index (χ2v) is 9.19. The lowest BCUT2D eigenvalue weighted by Crippen LogP contribution is -2.39. The van der Waals surface area contributed by atoms with Crippen LogP contribution in [-0.4, -0.2) is 41.4 Å². The fourth-order valence-electron chi connectivity index (χ4n) is 2.62. The molecule has 1 amide bonds. The summed E-state index contributed by atoms with van der Waals surface area (Å²) in [4.78, 5) is 13.5. The van der Waals surface area contributed by atoms with Crippen LogP contribution in [-0.2, 0) is 4.74 Å². The van der Waals surface area contributed by atoms with Gasteiger partial charge in [0.15, 0.2) is 0 Å². The molecule has 0 bridgehead atoms. The van der Waals surface area contributed by atoms with Crippen LogP contribution in [0, 0.1) is 11.8 Å². The van der Waals surface area contributed by atoms with E-state index in [-0.39, 0.29) is 11.7 Å². The van der Waals surface area contributed by atoms with E-state index in [0.29, 0.717) is 12.0 Å². The maximum absolute atomic E-state index is 11.7. The number of nitrogens with zero attached hydrogens (tertiary/aromatic N) is 1. The van der Waals surface area contributed by atoms with Gasteiger partial charge in [-0.25, -0.2) is 4.79 Å². The van der Waals surface area contributed by atoms with E-state index in [1.54, 1.807) is 0 Å². The van der Waals surface area contributed by atoms with Crippen molar-refractivity contribution in [3.05, 3.63) is 0 Å². The van der Waals surface area contributed by atoms with Crippen molar-refractivity contribution in [2.75, 3.05) is 13.7 Å². The van der Waals surface area contributed by atoms with Gasteiger partial charge < -0.3 is 14.7 Å². The maximum atomic E-state index is 11.7. The first-order valence-electron chi connectivity index (χ1n) is 13.0. The van der Waals surface area contributed by atoms with Gasteiger partial charge in [0.05, 0.1) is 0 Å². The van der Waals surface area contributed by atoms with E-state index in [0.717, 1.165) is 26.0 Å². The molecule has 0 aromatic rings. The molecule has 1 saturated heterocycles. The summed E-state index contributed by atoms with van der Waals surface area (Å²) in [5.41, 5.74) is -0.386. The van der Waals surface area contributed by atoms with Gasteiger partial charge in [-0.1, -0.05) is 100 Å². The molecule has 1 heterocycles. The van der Waals surface area contributed by atoms with E-state index < -0.39 is 0 Å². The zero-order chi connectivity index (χ0) is 25.5. The van der Waals surface area contributed by atoms with Crippen molar-refractivity contribution in [2.45, 2.75) is 146 Å². The molecule has 1 fully saturated rings. The van der Waals surface area contributed by atoms with Crippen molar-refractivity contribution in [3.8, 4) is 0 Å². The zero-order valence-corrected chi connectivity index (χ0v) is 23.8. The summed E-state index contributed by atoms with van der Waals surface area (Å²) in [6.45, 7) is 26.0. The predicted octanol–water partition coefficient (Wildman–Crippen LogP) is 8.71. The molecule has 0 radical (unpaired) electrons. The second-order valence-electron chi connectivity index (χ2n) is 9.19. The topological polar surface area (TPSA) is 49.8 Å². The largest absolute Gasteiger partial charge is 0.444 e. The Labute approximate surface area is 197 Å². The normalized spacial score (nSPS) is 17.9. The molecule has 1 aliphatic heterocycles. The van der Waals surface area contributed by atoms with Gasteiger partial charge >= 0.3 is 6.09 Å². The van der Waals surface area contributed by atoms with Crippen molar-refractivity contribution in [3.63, 3.8) is 0 Å². The van der Waals surface area contributed by atoms with Crippen LogP contribution < -0.4 is 0 Å². The summed E-state index contributed by atoms with van der Waals surface area (Å²) >= 11 is 0. The number of ether oxygens (including phenoxy) is 1. The van der Waals surface area contributed by atoms with Gasteiger partial charge in [0.25, 0.3) is 0 Å². The van der Waals surface area contributed by atoms with Crippen LogP contribution in [0.15, 0.2) is 0 Å². The number of hydrogen-bond acceptors (Lipinski definition) is 3. The lowest BCUT2D eigenvalue weighted by Gasteiger charge is -2.27. The second kappa shape index (κ2) is 25.5. The molecule has 3 unspecified atom stereocenters. The fraction of sp³-hybridized carbons (Fsp3) is 0.963.